The molecule has 2 saturated heterocycles. The summed E-state index contributed by atoms with van der Waals surface area (Å²) >= 11 is 18.1. The number of hydrogen-bond donors (Lipinski definition) is 1. The summed E-state index contributed by atoms with van der Waals surface area (Å²) in [5, 5.41) is 11.1. The normalized spacial score (nSPS) is 30.7. The number of aryl methyl sites for hydroxylation is 1. The zero-order valence-electron chi connectivity index (χ0n) is 23.8. The SMILES string of the molecule is CCc1ccc(N2C(=O)[C@H]3[C@H](CC=C4[C@H]3C[C@@]3(Cl)C(=O)N(c5ccc(F)cc5)C(=O)[C@@]3(Cl)[C@H]4c3cc(Br)ccc3O)C2=O)cc1. The molecule has 2 aliphatic carbocycles. The van der Waals surface area contributed by atoms with Gasteiger partial charge in [0.2, 0.25) is 11.8 Å². The number of phenolic OH excluding ortho intramolecular Hbond substituents is 1. The van der Waals surface area contributed by atoms with Gasteiger partial charge < -0.3 is 5.11 Å². The highest BCUT2D eigenvalue weighted by Crippen LogP contribution is 2.66. The van der Waals surface area contributed by atoms with Crippen molar-refractivity contribution in [2.75, 3.05) is 9.80 Å². The highest BCUT2D eigenvalue weighted by molar-refractivity contribution is 9.10. The fourth-order valence-electron chi connectivity index (χ4n) is 7.64. The number of phenols is 1. The van der Waals surface area contributed by atoms with Gasteiger partial charge in [0, 0.05) is 16.0 Å². The van der Waals surface area contributed by atoms with Gasteiger partial charge in [0.15, 0.2) is 9.75 Å². The molecule has 3 aromatic carbocycles. The number of benzene rings is 3. The van der Waals surface area contributed by atoms with Crippen LogP contribution in [0, 0.1) is 23.6 Å². The molecule has 7 rings (SSSR count). The number of rotatable bonds is 4. The average Bonchev–Trinajstić information content (AvgIpc) is 3.37. The maximum atomic E-state index is 14.4. The molecule has 6 atom stereocenters. The van der Waals surface area contributed by atoms with Crippen molar-refractivity contribution < 1.29 is 28.7 Å². The smallest absolute Gasteiger partial charge is 0.258 e. The lowest BCUT2D eigenvalue weighted by Gasteiger charge is -2.50. The predicted molar refractivity (Wildman–Crippen MR) is 171 cm³/mol. The van der Waals surface area contributed by atoms with Gasteiger partial charge in [-0.05, 0) is 85.3 Å². The Hall–Kier alpha value is -3.53. The van der Waals surface area contributed by atoms with Crippen molar-refractivity contribution >= 4 is 74.1 Å². The summed E-state index contributed by atoms with van der Waals surface area (Å²) < 4.78 is 14.4. The van der Waals surface area contributed by atoms with E-state index in [1.165, 1.54) is 23.1 Å². The first-order valence-corrected chi connectivity index (χ1v) is 16.1. The number of nitrogens with zero attached hydrogens (tertiary/aromatic N) is 2. The van der Waals surface area contributed by atoms with E-state index in [2.05, 4.69) is 15.9 Å². The van der Waals surface area contributed by atoms with Gasteiger partial charge in [0.25, 0.3) is 11.8 Å². The van der Waals surface area contributed by atoms with Crippen LogP contribution in [0.5, 0.6) is 5.75 Å². The molecule has 0 bridgehead atoms. The molecule has 0 unspecified atom stereocenters. The number of aromatic hydroxyl groups is 1. The number of allylic oxidation sites excluding steroid dienone is 2. The van der Waals surface area contributed by atoms with Crippen molar-refractivity contribution in [3.8, 4) is 5.75 Å². The second-order valence-corrected chi connectivity index (χ2v) is 14.1. The maximum Gasteiger partial charge on any atom is 0.258 e. The van der Waals surface area contributed by atoms with Gasteiger partial charge in [-0.2, -0.15) is 0 Å². The van der Waals surface area contributed by atoms with Crippen LogP contribution in [0.1, 0.15) is 36.8 Å². The summed E-state index contributed by atoms with van der Waals surface area (Å²) in [6.45, 7) is 2.01. The molecule has 3 aromatic rings. The van der Waals surface area contributed by atoms with Gasteiger partial charge in [-0.3, -0.25) is 24.1 Å². The van der Waals surface area contributed by atoms with Crippen LogP contribution in [0.4, 0.5) is 15.8 Å². The molecule has 11 heteroatoms. The summed E-state index contributed by atoms with van der Waals surface area (Å²) in [7, 11) is 0. The van der Waals surface area contributed by atoms with Crippen molar-refractivity contribution in [3.63, 3.8) is 0 Å². The molecule has 1 N–H and O–H groups in total. The Kier molecular flexibility index (Phi) is 7.04. The Bertz CT molecular complexity index is 1830. The minimum absolute atomic E-state index is 0.0849. The van der Waals surface area contributed by atoms with E-state index in [0.717, 1.165) is 29.0 Å². The largest absolute Gasteiger partial charge is 0.508 e. The number of amides is 4. The van der Waals surface area contributed by atoms with E-state index in [1.54, 1.807) is 24.3 Å². The second kappa shape index (κ2) is 10.5. The molecule has 4 amide bonds. The van der Waals surface area contributed by atoms with E-state index in [-0.39, 0.29) is 35.7 Å². The van der Waals surface area contributed by atoms with Gasteiger partial charge >= 0.3 is 0 Å². The molecule has 7 nitrogen and oxygen atoms in total. The minimum Gasteiger partial charge on any atom is -0.508 e. The van der Waals surface area contributed by atoms with Crippen LogP contribution in [0.3, 0.4) is 0 Å². The molecule has 45 heavy (non-hydrogen) atoms. The molecule has 0 radical (unpaired) electrons. The molecule has 0 spiro atoms. The van der Waals surface area contributed by atoms with Crippen LogP contribution in [0.15, 0.2) is 82.9 Å². The number of imide groups is 2. The maximum absolute atomic E-state index is 14.4. The van der Waals surface area contributed by atoms with Crippen LogP contribution in [0.25, 0.3) is 0 Å². The van der Waals surface area contributed by atoms with Gasteiger partial charge in [-0.25, -0.2) is 9.29 Å². The second-order valence-electron chi connectivity index (χ2n) is 12.0. The number of anilines is 2. The zero-order chi connectivity index (χ0) is 32.0. The van der Waals surface area contributed by atoms with Crippen LogP contribution < -0.4 is 9.80 Å². The predicted octanol–water partition coefficient (Wildman–Crippen LogP) is 6.62. The summed E-state index contributed by atoms with van der Waals surface area (Å²) in [6.07, 6.45) is 2.60. The standard InChI is InChI=1S/C34H26BrCl2FN2O5/c1-2-17-3-8-20(9-4-17)39-29(42)23-13-12-22-25(27(23)30(39)43)16-33(36)31(44)40(21-10-6-19(38)7-11-21)32(45)34(33,37)28(22)24-15-18(35)5-14-26(24)41/h3-12,14-15,23,25,27-28,41H,2,13,16H2,1H3/t23-,25+,27-,28+,33+,34-/m0/s1. The van der Waals surface area contributed by atoms with Crippen LogP contribution in [0.2, 0.25) is 0 Å². The average molecular weight is 712 g/mol. The molecule has 0 aromatic heterocycles. The fraction of sp³-hybridized carbons (Fsp3) is 0.294. The summed E-state index contributed by atoms with van der Waals surface area (Å²) in [4.78, 5) is 54.5. The Morgan fingerprint density at radius 2 is 1.53 bits per heavy atom. The molecule has 2 aliphatic heterocycles. The molecule has 2 heterocycles. The highest BCUT2D eigenvalue weighted by Gasteiger charge is 2.77. The third-order valence-corrected chi connectivity index (χ3v) is 11.7. The van der Waals surface area contributed by atoms with E-state index in [9.17, 15) is 28.7 Å². The Balaban J connectivity index is 1.39. The zero-order valence-corrected chi connectivity index (χ0v) is 26.9. The lowest BCUT2D eigenvalue weighted by atomic mass is 9.56. The van der Waals surface area contributed by atoms with Crippen molar-refractivity contribution in [1.82, 2.24) is 0 Å². The lowest BCUT2D eigenvalue weighted by molar-refractivity contribution is -0.125. The third-order valence-electron chi connectivity index (χ3n) is 9.80. The summed E-state index contributed by atoms with van der Waals surface area (Å²) in [6, 6.07) is 16.7. The van der Waals surface area contributed by atoms with Gasteiger partial charge in [0.05, 0.1) is 23.2 Å². The molecule has 230 valence electrons. The number of alkyl halides is 2. The topological polar surface area (TPSA) is 95.0 Å². The first-order valence-electron chi connectivity index (χ1n) is 14.6. The van der Waals surface area contributed by atoms with Crippen LogP contribution >= 0.6 is 39.1 Å². The number of fused-ring (bicyclic) bond motifs is 4. The Morgan fingerprint density at radius 1 is 0.889 bits per heavy atom. The Morgan fingerprint density at radius 3 is 2.20 bits per heavy atom. The molecular formula is C34H26BrCl2FN2O5. The fourth-order valence-corrected chi connectivity index (χ4v) is 8.94. The van der Waals surface area contributed by atoms with E-state index in [0.29, 0.717) is 15.7 Å². The molecular weight excluding hydrogens is 686 g/mol. The number of hydrogen-bond acceptors (Lipinski definition) is 5. The number of halogens is 4. The van der Waals surface area contributed by atoms with Gasteiger partial charge in [-0.1, -0.05) is 46.6 Å². The van der Waals surface area contributed by atoms with Crippen molar-refractivity contribution in [1.29, 1.82) is 0 Å². The van der Waals surface area contributed by atoms with E-state index in [1.807, 2.05) is 25.1 Å². The Labute approximate surface area is 276 Å². The molecule has 3 fully saturated rings. The third kappa shape index (κ3) is 4.13. The first-order chi connectivity index (χ1) is 21.4. The van der Waals surface area contributed by atoms with E-state index < -0.39 is 57.0 Å². The monoisotopic (exact) mass is 710 g/mol. The minimum atomic E-state index is -2.13. The quantitative estimate of drug-likeness (QED) is 0.187. The van der Waals surface area contributed by atoms with Crippen LogP contribution in [-0.4, -0.2) is 38.5 Å². The summed E-state index contributed by atoms with van der Waals surface area (Å²) in [5.41, 5.74) is 2.40. The van der Waals surface area contributed by atoms with Crippen molar-refractivity contribution in [2.24, 2.45) is 17.8 Å². The molecule has 4 aliphatic rings. The van der Waals surface area contributed by atoms with Gasteiger partial charge in [0.1, 0.15) is 11.6 Å². The molecule has 1 saturated carbocycles. The van der Waals surface area contributed by atoms with E-state index >= 15 is 0 Å². The van der Waals surface area contributed by atoms with Crippen LogP contribution in [-0.2, 0) is 25.6 Å². The lowest BCUT2D eigenvalue weighted by Crippen LogP contribution is -2.60. The number of carbonyl (C=O) groups excluding carboxylic acids is 4. The van der Waals surface area contributed by atoms with Gasteiger partial charge in [-0.15, -0.1) is 23.2 Å². The first kappa shape index (κ1) is 30.1. The van der Waals surface area contributed by atoms with Crippen molar-refractivity contribution in [3.05, 3.63) is 99.8 Å². The summed E-state index contributed by atoms with van der Waals surface area (Å²) in [5.74, 6) is -6.64. The highest BCUT2D eigenvalue weighted by atomic mass is 79.9. The van der Waals surface area contributed by atoms with E-state index in [4.69, 9.17) is 23.2 Å². The van der Waals surface area contributed by atoms with Crippen molar-refractivity contribution in [2.45, 2.75) is 41.9 Å². The number of carbonyl (C=O) groups is 4.